The second kappa shape index (κ2) is 8.10. The maximum atomic E-state index is 13.4. The minimum Gasteiger partial charge on any atom is -0.274 e. The molecule has 0 fully saturated rings. The molecule has 0 atom stereocenters. The number of hydrogen-bond donors (Lipinski definition) is 0. The third-order valence-corrected chi connectivity index (χ3v) is 6.22. The Balaban J connectivity index is 1.53. The number of hydrogen-bond acceptors (Lipinski definition) is 4. The van der Waals surface area contributed by atoms with Crippen LogP contribution >= 0.6 is 23.2 Å². The normalized spacial score (nSPS) is 13.1. The van der Waals surface area contributed by atoms with Crippen molar-refractivity contribution in [2.75, 3.05) is 6.54 Å². The largest absolute Gasteiger partial charge is 0.274 e. The van der Waals surface area contributed by atoms with Crippen LogP contribution < -0.4 is 0 Å². The van der Waals surface area contributed by atoms with E-state index in [1.54, 1.807) is 30.3 Å². The van der Waals surface area contributed by atoms with Crippen LogP contribution in [0.4, 0.5) is 4.39 Å². The highest BCUT2D eigenvalue weighted by molar-refractivity contribution is 6.42. The zero-order valence-electron chi connectivity index (χ0n) is 16.9. The predicted octanol–water partition coefficient (Wildman–Crippen LogP) is 5.01. The molecule has 2 heterocycles. The van der Waals surface area contributed by atoms with Crippen LogP contribution in [-0.2, 0) is 6.42 Å². The molecule has 1 aromatic heterocycles. The Morgan fingerprint density at radius 3 is 2.15 bits per heavy atom. The third kappa shape index (κ3) is 3.59. The summed E-state index contributed by atoms with van der Waals surface area (Å²) in [6, 6.07) is 14.8. The first-order valence-corrected chi connectivity index (χ1v) is 10.7. The topological polar surface area (TPSA) is 72.3 Å². The van der Waals surface area contributed by atoms with E-state index in [0.717, 1.165) is 4.90 Å². The maximum Gasteiger partial charge on any atom is 0.263 e. The van der Waals surface area contributed by atoms with Crippen molar-refractivity contribution in [1.82, 2.24) is 14.5 Å². The molecule has 0 saturated carbocycles. The molecule has 0 unspecified atom stereocenters. The summed E-state index contributed by atoms with van der Waals surface area (Å²) in [5.74, 6) is -1.39. The number of fused-ring (bicyclic) bond motifs is 2. The van der Waals surface area contributed by atoms with E-state index in [0.29, 0.717) is 28.0 Å². The second-order valence-corrected chi connectivity index (χ2v) is 8.30. The number of aromatic nitrogens is 2. The van der Waals surface area contributed by atoms with Gasteiger partial charge in [-0.2, -0.15) is 0 Å². The van der Waals surface area contributed by atoms with Crippen LogP contribution in [0.5, 0.6) is 0 Å². The van der Waals surface area contributed by atoms with Crippen LogP contribution in [0, 0.1) is 5.82 Å². The van der Waals surface area contributed by atoms with Gasteiger partial charge in [0.15, 0.2) is 0 Å². The van der Waals surface area contributed by atoms with Crippen molar-refractivity contribution >= 4 is 52.0 Å². The number of rotatable bonds is 4. The molecule has 1 aliphatic rings. The first-order valence-electron chi connectivity index (χ1n) is 9.97. The van der Waals surface area contributed by atoms with Gasteiger partial charge in [0.25, 0.3) is 17.7 Å². The molecule has 0 saturated heterocycles. The van der Waals surface area contributed by atoms with Crippen molar-refractivity contribution in [3.8, 4) is 0 Å². The number of halogens is 3. The van der Waals surface area contributed by atoms with E-state index in [-0.39, 0.29) is 28.6 Å². The summed E-state index contributed by atoms with van der Waals surface area (Å²) in [4.78, 5) is 44.4. The van der Waals surface area contributed by atoms with Crippen molar-refractivity contribution in [2.24, 2.45) is 0 Å². The van der Waals surface area contributed by atoms with Crippen molar-refractivity contribution < 1.29 is 18.8 Å². The first-order chi connectivity index (χ1) is 15.8. The quantitative estimate of drug-likeness (QED) is 0.384. The number of nitrogens with zero attached hydrogens (tertiary/aromatic N) is 3. The monoisotopic (exact) mass is 481 g/mol. The van der Waals surface area contributed by atoms with Crippen LogP contribution in [0.3, 0.4) is 0 Å². The summed E-state index contributed by atoms with van der Waals surface area (Å²) >= 11 is 12.3. The number of carbonyl (C=O) groups excluding carboxylic acids is 3. The summed E-state index contributed by atoms with van der Waals surface area (Å²) in [6.07, 6.45) is 0.113. The van der Waals surface area contributed by atoms with Crippen LogP contribution in [0.2, 0.25) is 10.0 Å². The van der Waals surface area contributed by atoms with Gasteiger partial charge in [0.05, 0.1) is 32.2 Å². The van der Waals surface area contributed by atoms with Crippen LogP contribution in [-0.4, -0.2) is 38.7 Å². The van der Waals surface area contributed by atoms with Crippen LogP contribution in [0.1, 0.15) is 36.9 Å². The smallest absolute Gasteiger partial charge is 0.263 e. The van der Waals surface area contributed by atoms with Crippen molar-refractivity contribution in [3.05, 3.63) is 99.0 Å². The van der Waals surface area contributed by atoms with Crippen LogP contribution in [0.25, 0.3) is 11.0 Å². The lowest BCUT2D eigenvalue weighted by atomic mass is 10.1. The molecular formula is C24H14Cl2FN3O3. The molecule has 1 aliphatic heterocycles. The second-order valence-electron chi connectivity index (χ2n) is 7.49. The minimum atomic E-state index is -0.470. The van der Waals surface area contributed by atoms with Crippen LogP contribution in [0.15, 0.2) is 60.7 Å². The molecule has 6 nitrogen and oxygen atoms in total. The highest BCUT2D eigenvalue weighted by Gasteiger charge is 2.35. The number of benzene rings is 3. The molecule has 0 radical (unpaired) electrons. The lowest BCUT2D eigenvalue weighted by Gasteiger charge is -2.14. The lowest BCUT2D eigenvalue weighted by molar-refractivity contribution is 0.0655. The van der Waals surface area contributed by atoms with Crippen molar-refractivity contribution in [2.45, 2.75) is 6.42 Å². The van der Waals surface area contributed by atoms with E-state index in [9.17, 15) is 18.8 Å². The molecule has 0 aliphatic carbocycles. The zero-order chi connectivity index (χ0) is 23.3. The predicted molar refractivity (Wildman–Crippen MR) is 121 cm³/mol. The van der Waals surface area contributed by atoms with Crippen molar-refractivity contribution in [3.63, 3.8) is 0 Å². The maximum absolute atomic E-state index is 13.4. The fraction of sp³-hybridized carbons (Fsp3) is 0.0833. The molecular weight excluding hydrogens is 468 g/mol. The Bertz CT molecular complexity index is 1430. The fourth-order valence-corrected chi connectivity index (χ4v) is 4.21. The first kappa shape index (κ1) is 21.3. The van der Waals surface area contributed by atoms with Crippen molar-refractivity contribution in [1.29, 1.82) is 0 Å². The Kier molecular flexibility index (Phi) is 5.23. The molecule has 9 heteroatoms. The summed E-state index contributed by atoms with van der Waals surface area (Å²) in [6.45, 7) is 0.0217. The van der Waals surface area contributed by atoms with E-state index in [4.69, 9.17) is 23.2 Å². The molecule has 2 amide bonds. The van der Waals surface area contributed by atoms with Gasteiger partial charge in [-0.1, -0.05) is 35.3 Å². The Morgan fingerprint density at radius 1 is 0.909 bits per heavy atom. The highest BCUT2D eigenvalue weighted by Crippen LogP contribution is 2.30. The van der Waals surface area contributed by atoms with Gasteiger partial charge in [0, 0.05) is 18.5 Å². The van der Waals surface area contributed by atoms with Gasteiger partial charge < -0.3 is 0 Å². The van der Waals surface area contributed by atoms with E-state index in [1.807, 2.05) is 0 Å². The van der Waals surface area contributed by atoms with Gasteiger partial charge in [-0.15, -0.1) is 0 Å². The van der Waals surface area contributed by atoms with E-state index < -0.39 is 23.5 Å². The Hall–Kier alpha value is -3.55. The molecule has 5 rings (SSSR count). The third-order valence-electron chi connectivity index (χ3n) is 5.50. The molecule has 33 heavy (non-hydrogen) atoms. The van der Waals surface area contributed by atoms with Gasteiger partial charge >= 0.3 is 0 Å². The summed E-state index contributed by atoms with van der Waals surface area (Å²) < 4.78 is 14.7. The lowest BCUT2D eigenvalue weighted by Crippen LogP contribution is -2.32. The number of imidazole rings is 1. The van der Waals surface area contributed by atoms with Gasteiger partial charge in [0.2, 0.25) is 0 Å². The van der Waals surface area contributed by atoms with Gasteiger partial charge in [0.1, 0.15) is 11.6 Å². The summed E-state index contributed by atoms with van der Waals surface area (Å²) in [5, 5.41) is 0.513. The van der Waals surface area contributed by atoms with E-state index in [1.165, 1.54) is 34.9 Å². The standard InChI is InChI=1S/C24H14Cl2FN3O3/c25-17-11-19-20(12-18(17)26)30(22(31)13-5-7-14(27)8-6-13)21(28-19)9-10-29-23(32)15-3-1-2-4-16(15)24(29)33/h1-8,11-12H,9-10H2. The summed E-state index contributed by atoms with van der Waals surface area (Å²) in [7, 11) is 0. The molecule has 0 N–H and O–H groups in total. The zero-order valence-corrected chi connectivity index (χ0v) is 18.4. The molecule has 4 aromatic rings. The fourth-order valence-electron chi connectivity index (χ4n) is 3.89. The molecule has 3 aromatic carbocycles. The summed E-state index contributed by atoms with van der Waals surface area (Å²) in [5.41, 5.74) is 1.77. The molecule has 0 spiro atoms. The number of amides is 2. The van der Waals surface area contributed by atoms with Gasteiger partial charge in [-0.05, 0) is 48.5 Å². The molecule has 164 valence electrons. The van der Waals surface area contributed by atoms with Gasteiger partial charge in [-0.25, -0.2) is 9.37 Å². The van der Waals surface area contributed by atoms with E-state index in [2.05, 4.69) is 4.98 Å². The van der Waals surface area contributed by atoms with E-state index >= 15 is 0 Å². The number of carbonyl (C=O) groups is 3. The van der Waals surface area contributed by atoms with Gasteiger partial charge in [-0.3, -0.25) is 23.9 Å². The molecule has 0 bridgehead atoms. The minimum absolute atomic E-state index is 0.0217. The SMILES string of the molecule is O=C1c2ccccc2C(=O)N1CCc1nc2cc(Cl)c(Cl)cc2n1C(=O)c1ccc(F)cc1. The Labute approximate surface area is 197 Å². The number of imide groups is 1. The highest BCUT2D eigenvalue weighted by atomic mass is 35.5. The Morgan fingerprint density at radius 2 is 1.52 bits per heavy atom. The average Bonchev–Trinajstić information content (AvgIpc) is 3.27. The average molecular weight is 482 g/mol.